The zero-order chi connectivity index (χ0) is 11.4. The number of rotatable bonds is 5. The quantitative estimate of drug-likeness (QED) is 0.822. The van der Waals surface area contributed by atoms with E-state index in [2.05, 4.69) is 22.4 Å². The van der Waals surface area contributed by atoms with Gasteiger partial charge >= 0.3 is 0 Å². The minimum absolute atomic E-state index is 0.249. The van der Waals surface area contributed by atoms with Gasteiger partial charge in [-0.25, -0.2) is 0 Å². The van der Waals surface area contributed by atoms with Crippen molar-refractivity contribution in [1.29, 1.82) is 0 Å². The van der Waals surface area contributed by atoms with Crippen molar-refractivity contribution in [2.75, 3.05) is 19.3 Å². The predicted octanol–water partition coefficient (Wildman–Crippen LogP) is 2.43. The van der Waals surface area contributed by atoms with Gasteiger partial charge in [0.1, 0.15) is 10.0 Å². The topological polar surface area (TPSA) is 37.8 Å². The summed E-state index contributed by atoms with van der Waals surface area (Å²) in [6.45, 7) is 3.36. The molecule has 1 N–H and O–H groups in total. The highest BCUT2D eigenvalue weighted by Crippen LogP contribution is 2.46. The first-order valence-electron chi connectivity index (χ1n) is 5.86. The van der Waals surface area contributed by atoms with E-state index in [-0.39, 0.29) is 4.75 Å². The predicted molar refractivity (Wildman–Crippen MR) is 71.2 cm³/mol. The Hall–Kier alpha value is -0.130. The Kier molecular flexibility index (Phi) is 4.21. The molecule has 0 amide bonds. The molecular formula is C11H19N3S2. The van der Waals surface area contributed by atoms with Crippen LogP contribution in [0.5, 0.6) is 0 Å². The van der Waals surface area contributed by atoms with E-state index in [1.165, 1.54) is 28.6 Å². The number of nitrogens with one attached hydrogen (secondary N) is 1. The second-order valence-electron chi connectivity index (χ2n) is 4.39. The molecule has 0 spiro atoms. The zero-order valence-electron chi connectivity index (χ0n) is 9.95. The van der Waals surface area contributed by atoms with Gasteiger partial charge in [0.05, 0.1) is 4.75 Å². The number of thioether (sulfide) groups is 1. The van der Waals surface area contributed by atoms with Crippen molar-refractivity contribution in [2.45, 2.75) is 37.4 Å². The Morgan fingerprint density at radius 3 is 3.00 bits per heavy atom. The summed E-state index contributed by atoms with van der Waals surface area (Å²) in [5.74, 6) is 1.27. The maximum absolute atomic E-state index is 4.38. The Labute approximate surface area is 105 Å². The molecule has 1 saturated heterocycles. The highest BCUT2D eigenvalue weighted by molar-refractivity contribution is 8.00. The van der Waals surface area contributed by atoms with E-state index in [1.54, 1.807) is 0 Å². The molecule has 1 atom stereocenters. The van der Waals surface area contributed by atoms with Crippen LogP contribution in [0.4, 0.5) is 0 Å². The third-order valence-corrected chi connectivity index (χ3v) is 5.86. The molecule has 0 bridgehead atoms. The van der Waals surface area contributed by atoms with Gasteiger partial charge in [0.2, 0.25) is 0 Å². The lowest BCUT2D eigenvalue weighted by atomic mass is 10.1. The van der Waals surface area contributed by atoms with Crippen LogP contribution in [-0.2, 0) is 11.2 Å². The first-order valence-corrected chi connectivity index (χ1v) is 7.66. The van der Waals surface area contributed by atoms with Crippen LogP contribution in [0.25, 0.3) is 0 Å². The van der Waals surface area contributed by atoms with Crippen molar-refractivity contribution in [1.82, 2.24) is 15.5 Å². The van der Waals surface area contributed by atoms with E-state index in [0.29, 0.717) is 0 Å². The molecule has 5 heteroatoms. The number of hydrogen-bond donors (Lipinski definition) is 1. The van der Waals surface area contributed by atoms with Gasteiger partial charge in [0.15, 0.2) is 0 Å². The fourth-order valence-electron chi connectivity index (χ4n) is 1.93. The fourth-order valence-corrected chi connectivity index (χ4v) is 4.38. The Balaban J connectivity index is 1.96. The van der Waals surface area contributed by atoms with Crippen LogP contribution in [0.15, 0.2) is 0 Å². The van der Waals surface area contributed by atoms with Crippen molar-refractivity contribution in [3.8, 4) is 0 Å². The Bertz CT molecular complexity index is 332. The molecule has 1 fully saturated rings. The lowest BCUT2D eigenvalue weighted by molar-refractivity contribution is 0.633. The highest BCUT2D eigenvalue weighted by atomic mass is 32.2. The monoisotopic (exact) mass is 257 g/mol. The summed E-state index contributed by atoms with van der Waals surface area (Å²) in [6, 6.07) is 0. The molecule has 0 saturated carbocycles. The SMILES string of the molecule is CNCCCc1nnc(C2(C)CCCS2)s1. The average molecular weight is 257 g/mol. The molecule has 16 heavy (non-hydrogen) atoms. The summed E-state index contributed by atoms with van der Waals surface area (Å²) in [6.07, 6.45) is 4.77. The van der Waals surface area contributed by atoms with Gasteiger partial charge in [0, 0.05) is 6.42 Å². The average Bonchev–Trinajstić information content (AvgIpc) is 2.88. The van der Waals surface area contributed by atoms with Gasteiger partial charge in [-0.15, -0.1) is 33.3 Å². The van der Waals surface area contributed by atoms with Crippen LogP contribution in [-0.4, -0.2) is 29.5 Å². The molecule has 1 aliphatic rings. The van der Waals surface area contributed by atoms with E-state index in [4.69, 9.17) is 0 Å². The van der Waals surface area contributed by atoms with Crippen molar-refractivity contribution in [2.24, 2.45) is 0 Å². The lowest BCUT2D eigenvalue weighted by Crippen LogP contribution is -2.11. The van der Waals surface area contributed by atoms with Gasteiger partial charge in [-0.05, 0) is 45.5 Å². The normalized spacial score (nSPS) is 25.1. The summed E-state index contributed by atoms with van der Waals surface area (Å²) >= 11 is 3.84. The molecule has 1 unspecified atom stereocenters. The molecule has 1 aromatic rings. The molecule has 1 aromatic heterocycles. The molecule has 1 aliphatic heterocycles. The van der Waals surface area contributed by atoms with Gasteiger partial charge in [-0.3, -0.25) is 0 Å². The Morgan fingerprint density at radius 1 is 1.44 bits per heavy atom. The van der Waals surface area contributed by atoms with Crippen LogP contribution in [0.3, 0.4) is 0 Å². The van der Waals surface area contributed by atoms with E-state index in [0.717, 1.165) is 19.4 Å². The molecule has 0 aliphatic carbocycles. The smallest absolute Gasteiger partial charge is 0.133 e. The molecule has 0 radical (unpaired) electrons. The van der Waals surface area contributed by atoms with E-state index < -0.39 is 0 Å². The van der Waals surface area contributed by atoms with Crippen molar-refractivity contribution in [3.63, 3.8) is 0 Å². The highest BCUT2D eigenvalue weighted by Gasteiger charge is 2.34. The molecule has 0 aromatic carbocycles. The Morgan fingerprint density at radius 2 is 2.31 bits per heavy atom. The number of hydrogen-bond acceptors (Lipinski definition) is 5. The fraction of sp³-hybridized carbons (Fsp3) is 0.818. The maximum atomic E-state index is 4.38. The summed E-state index contributed by atoms with van der Waals surface area (Å²) in [5.41, 5.74) is 0. The van der Waals surface area contributed by atoms with Crippen LogP contribution in [0.1, 0.15) is 36.2 Å². The van der Waals surface area contributed by atoms with Gasteiger partial charge in [-0.1, -0.05) is 0 Å². The summed E-state index contributed by atoms with van der Waals surface area (Å²) < 4.78 is 0.249. The standard InChI is InChI=1S/C11H19N3S2/c1-11(6-4-8-15-11)10-14-13-9(16-10)5-3-7-12-2/h12H,3-8H2,1-2H3. The van der Waals surface area contributed by atoms with Crippen LogP contribution < -0.4 is 5.32 Å². The van der Waals surface area contributed by atoms with Crippen LogP contribution in [0.2, 0.25) is 0 Å². The van der Waals surface area contributed by atoms with E-state index in [9.17, 15) is 0 Å². The first kappa shape index (κ1) is 12.3. The maximum Gasteiger partial charge on any atom is 0.133 e. The summed E-state index contributed by atoms with van der Waals surface area (Å²) in [7, 11) is 1.99. The minimum Gasteiger partial charge on any atom is -0.320 e. The van der Waals surface area contributed by atoms with E-state index in [1.807, 2.05) is 30.1 Å². The molecule has 3 nitrogen and oxygen atoms in total. The molecule has 90 valence electrons. The van der Waals surface area contributed by atoms with Gasteiger partial charge in [0.25, 0.3) is 0 Å². The molecular weight excluding hydrogens is 238 g/mol. The largest absolute Gasteiger partial charge is 0.320 e. The second-order valence-corrected chi connectivity index (χ2v) is 7.05. The molecule has 2 rings (SSSR count). The lowest BCUT2D eigenvalue weighted by Gasteiger charge is -2.17. The van der Waals surface area contributed by atoms with Gasteiger partial charge < -0.3 is 5.32 Å². The van der Waals surface area contributed by atoms with Crippen molar-refractivity contribution in [3.05, 3.63) is 10.0 Å². The van der Waals surface area contributed by atoms with Crippen molar-refractivity contribution >= 4 is 23.1 Å². The number of nitrogens with zero attached hydrogens (tertiary/aromatic N) is 2. The summed E-state index contributed by atoms with van der Waals surface area (Å²) in [5, 5.41) is 14.3. The third kappa shape index (κ3) is 2.76. The number of aromatic nitrogens is 2. The van der Waals surface area contributed by atoms with Crippen molar-refractivity contribution < 1.29 is 0 Å². The minimum atomic E-state index is 0.249. The second kappa shape index (κ2) is 5.47. The van der Waals surface area contributed by atoms with E-state index >= 15 is 0 Å². The molecule has 2 heterocycles. The zero-order valence-corrected chi connectivity index (χ0v) is 11.6. The van der Waals surface area contributed by atoms with Gasteiger partial charge in [-0.2, -0.15) is 0 Å². The first-order chi connectivity index (χ1) is 7.74. The number of aryl methyl sites for hydroxylation is 1. The van der Waals surface area contributed by atoms with Crippen LogP contribution in [0, 0.1) is 0 Å². The summed E-state index contributed by atoms with van der Waals surface area (Å²) in [4.78, 5) is 0. The third-order valence-electron chi connectivity index (χ3n) is 2.96. The van der Waals surface area contributed by atoms with Crippen LogP contribution >= 0.6 is 23.1 Å².